The van der Waals surface area contributed by atoms with Crippen molar-refractivity contribution >= 4 is 11.8 Å². The lowest BCUT2D eigenvalue weighted by molar-refractivity contribution is -0.143. The average Bonchev–Trinajstić information content (AvgIpc) is 2.88. The fourth-order valence-corrected chi connectivity index (χ4v) is 4.88. The lowest BCUT2D eigenvalue weighted by Gasteiger charge is -2.62. The second-order valence-corrected chi connectivity index (χ2v) is 7.12. The summed E-state index contributed by atoms with van der Waals surface area (Å²) >= 11 is 0. The number of hydrogen-bond donors (Lipinski definition) is 0. The van der Waals surface area contributed by atoms with Gasteiger partial charge in [-0.05, 0) is 24.3 Å². The van der Waals surface area contributed by atoms with E-state index in [0.717, 1.165) is 19.0 Å². The first-order valence-electron chi connectivity index (χ1n) is 8.85. The molecule has 122 valence electrons. The van der Waals surface area contributed by atoms with Crippen LogP contribution in [0.15, 0.2) is 30.3 Å². The van der Waals surface area contributed by atoms with Crippen molar-refractivity contribution in [2.45, 2.75) is 44.1 Å². The predicted octanol–water partition coefficient (Wildman–Crippen LogP) is 2.54. The number of imide groups is 1. The van der Waals surface area contributed by atoms with Crippen LogP contribution in [-0.4, -0.2) is 41.2 Å². The Balaban J connectivity index is 1.52. The highest BCUT2D eigenvalue weighted by Crippen LogP contribution is 2.53. The van der Waals surface area contributed by atoms with Crippen LogP contribution in [0.2, 0.25) is 0 Å². The van der Waals surface area contributed by atoms with Crippen molar-refractivity contribution in [3.63, 3.8) is 0 Å². The first-order valence-corrected chi connectivity index (χ1v) is 8.85. The van der Waals surface area contributed by atoms with Crippen molar-refractivity contribution in [3.8, 4) is 0 Å². The van der Waals surface area contributed by atoms with Crippen LogP contribution in [0.5, 0.6) is 0 Å². The van der Waals surface area contributed by atoms with Gasteiger partial charge in [0, 0.05) is 32.5 Å². The molecule has 4 nitrogen and oxygen atoms in total. The van der Waals surface area contributed by atoms with Gasteiger partial charge in [0.15, 0.2) is 0 Å². The summed E-state index contributed by atoms with van der Waals surface area (Å²) in [6, 6.07) is 10.8. The molecule has 2 amide bonds. The minimum atomic E-state index is 0.00415. The maximum absolute atomic E-state index is 11.8. The fourth-order valence-electron chi connectivity index (χ4n) is 4.88. The molecule has 1 aromatic rings. The molecule has 3 fully saturated rings. The van der Waals surface area contributed by atoms with Gasteiger partial charge in [-0.15, -0.1) is 0 Å². The first-order chi connectivity index (χ1) is 11.2. The minimum absolute atomic E-state index is 0.00415. The number of hydrogen-bond acceptors (Lipinski definition) is 3. The molecular formula is C19H24N2O2. The van der Waals surface area contributed by atoms with E-state index in [9.17, 15) is 9.59 Å². The number of amides is 2. The molecule has 0 N–H and O–H groups in total. The van der Waals surface area contributed by atoms with E-state index in [-0.39, 0.29) is 17.4 Å². The minimum Gasteiger partial charge on any atom is -0.291 e. The summed E-state index contributed by atoms with van der Waals surface area (Å²) in [4.78, 5) is 27.6. The first kappa shape index (κ1) is 14.9. The molecule has 0 radical (unpaired) electrons. The zero-order chi connectivity index (χ0) is 15.9. The Morgan fingerprint density at radius 3 is 2.43 bits per heavy atom. The summed E-state index contributed by atoms with van der Waals surface area (Å²) in [5.41, 5.74) is 1.56. The third-order valence-corrected chi connectivity index (χ3v) is 6.06. The number of nitrogens with zero attached hydrogens (tertiary/aromatic N) is 2. The molecule has 0 bridgehead atoms. The van der Waals surface area contributed by atoms with E-state index in [1.165, 1.54) is 36.1 Å². The van der Waals surface area contributed by atoms with Gasteiger partial charge in [0.25, 0.3) is 0 Å². The van der Waals surface area contributed by atoms with Crippen molar-refractivity contribution in [2.75, 3.05) is 19.6 Å². The van der Waals surface area contributed by atoms with E-state index in [2.05, 4.69) is 35.2 Å². The van der Waals surface area contributed by atoms with Gasteiger partial charge in [-0.1, -0.05) is 43.2 Å². The largest absolute Gasteiger partial charge is 0.291 e. The monoisotopic (exact) mass is 312 g/mol. The van der Waals surface area contributed by atoms with E-state index >= 15 is 0 Å². The van der Waals surface area contributed by atoms with Gasteiger partial charge in [-0.3, -0.25) is 19.4 Å². The molecule has 4 heteroatoms. The zero-order valence-corrected chi connectivity index (χ0v) is 13.5. The summed E-state index contributed by atoms with van der Waals surface area (Å²) in [6.07, 6.45) is 5.88. The summed E-state index contributed by atoms with van der Waals surface area (Å²) in [7, 11) is 0. The molecule has 3 aliphatic rings. The van der Waals surface area contributed by atoms with Crippen molar-refractivity contribution in [1.29, 1.82) is 0 Å². The van der Waals surface area contributed by atoms with E-state index in [1.54, 1.807) is 0 Å². The quantitative estimate of drug-likeness (QED) is 0.802. The standard InChI is InChI=1S/C19H24N2O2/c22-17-9-10-18(23)21(17)13-12-20-14-16-8-4-5-11-19(16,20)15-6-2-1-3-7-15/h1-3,6-7,16H,4-5,8-14H2/t16-,19-/m1/s1. The van der Waals surface area contributed by atoms with Crippen LogP contribution in [0.4, 0.5) is 0 Å². The molecule has 0 unspecified atom stereocenters. The molecule has 2 saturated heterocycles. The molecule has 1 saturated carbocycles. The highest BCUT2D eigenvalue weighted by Gasteiger charge is 2.54. The molecule has 4 rings (SSSR count). The van der Waals surface area contributed by atoms with E-state index < -0.39 is 0 Å². The number of benzene rings is 1. The van der Waals surface area contributed by atoms with Crippen molar-refractivity contribution in [3.05, 3.63) is 35.9 Å². The number of carbonyl (C=O) groups excluding carboxylic acids is 2. The molecular weight excluding hydrogens is 288 g/mol. The highest BCUT2D eigenvalue weighted by molar-refractivity contribution is 6.01. The number of carbonyl (C=O) groups is 2. The van der Waals surface area contributed by atoms with Gasteiger partial charge >= 0.3 is 0 Å². The van der Waals surface area contributed by atoms with Crippen molar-refractivity contribution in [2.24, 2.45) is 5.92 Å². The summed E-state index contributed by atoms with van der Waals surface area (Å²) in [5.74, 6) is 0.734. The topological polar surface area (TPSA) is 40.6 Å². The normalized spacial score (nSPS) is 31.1. The number of rotatable bonds is 4. The second kappa shape index (κ2) is 5.75. The lowest BCUT2D eigenvalue weighted by atomic mass is 9.62. The predicted molar refractivity (Wildman–Crippen MR) is 87.6 cm³/mol. The maximum Gasteiger partial charge on any atom is 0.229 e. The molecule has 2 heterocycles. The Morgan fingerprint density at radius 2 is 1.74 bits per heavy atom. The van der Waals surface area contributed by atoms with Crippen LogP contribution < -0.4 is 0 Å². The van der Waals surface area contributed by atoms with E-state index in [4.69, 9.17) is 0 Å². The maximum atomic E-state index is 11.8. The lowest BCUT2D eigenvalue weighted by Crippen LogP contribution is -2.66. The summed E-state index contributed by atoms with van der Waals surface area (Å²) < 4.78 is 0. The average molecular weight is 312 g/mol. The van der Waals surface area contributed by atoms with Crippen molar-refractivity contribution in [1.82, 2.24) is 9.80 Å². The number of fused-ring (bicyclic) bond motifs is 1. The van der Waals surface area contributed by atoms with Crippen molar-refractivity contribution < 1.29 is 9.59 Å². The molecule has 0 spiro atoms. The molecule has 1 aromatic carbocycles. The Morgan fingerprint density at radius 1 is 1.00 bits per heavy atom. The highest BCUT2D eigenvalue weighted by atomic mass is 16.2. The Hall–Kier alpha value is -1.68. The van der Waals surface area contributed by atoms with E-state index in [0.29, 0.717) is 19.4 Å². The molecule has 2 atom stereocenters. The molecule has 23 heavy (non-hydrogen) atoms. The van der Waals surface area contributed by atoms with Gasteiger partial charge in [0.2, 0.25) is 11.8 Å². The zero-order valence-electron chi connectivity index (χ0n) is 13.5. The SMILES string of the molecule is O=C1CCC(=O)N1CCN1C[C@H]2CCCC[C@@]21c1ccccc1. The summed E-state index contributed by atoms with van der Waals surface area (Å²) in [6.45, 7) is 2.47. The van der Waals surface area contributed by atoms with Crippen LogP contribution in [0.25, 0.3) is 0 Å². The van der Waals surface area contributed by atoms with Crippen LogP contribution in [0.3, 0.4) is 0 Å². The molecule has 0 aromatic heterocycles. The third-order valence-electron chi connectivity index (χ3n) is 6.06. The van der Waals surface area contributed by atoms with Gasteiger partial charge in [-0.2, -0.15) is 0 Å². The Bertz CT molecular complexity index is 599. The molecule has 2 aliphatic heterocycles. The Kier molecular flexibility index (Phi) is 3.72. The summed E-state index contributed by atoms with van der Waals surface area (Å²) in [5, 5.41) is 0. The van der Waals surface area contributed by atoms with Crippen LogP contribution >= 0.6 is 0 Å². The Labute approximate surface area is 137 Å². The van der Waals surface area contributed by atoms with Gasteiger partial charge in [0.05, 0.1) is 5.54 Å². The van der Waals surface area contributed by atoms with Crippen LogP contribution in [-0.2, 0) is 15.1 Å². The van der Waals surface area contributed by atoms with Gasteiger partial charge in [0.1, 0.15) is 0 Å². The van der Waals surface area contributed by atoms with Crippen LogP contribution in [0, 0.1) is 5.92 Å². The smallest absolute Gasteiger partial charge is 0.229 e. The molecule has 1 aliphatic carbocycles. The van der Waals surface area contributed by atoms with Gasteiger partial charge in [-0.25, -0.2) is 0 Å². The second-order valence-electron chi connectivity index (χ2n) is 7.12. The number of likely N-dealkylation sites (tertiary alicyclic amines) is 2. The third kappa shape index (κ3) is 2.31. The van der Waals surface area contributed by atoms with Crippen LogP contribution in [0.1, 0.15) is 44.1 Å². The fraction of sp³-hybridized carbons (Fsp3) is 0.579. The van der Waals surface area contributed by atoms with E-state index in [1.807, 2.05) is 0 Å². The van der Waals surface area contributed by atoms with Gasteiger partial charge < -0.3 is 0 Å².